The molecule has 33 heavy (non-hydrogen) atoms. The molecule has 1 amide bonds. The fraction of sp³-hybridized carbons (Fsp3) is 0.333. The number of aliphatic carboxylic acids is 1. The highest BCUT2D eigenvalue weighted by molar-refractivity contribution is 6.06. The molecule has 0 spiro atoms. The van der Waals surface area contributed by atoms with Gasteiger partial charge in [0, 0.05) is 23.7 Å². The van der Waals surface area contributed by atoms with Crippen LogP contribution in [0.25, 0.3) is 10.9 Å². The monoisotopic (exact) mass is 460 g/mol. The fourth-order valence-corrected chi connectivity index (χ4v) is 5.56. The predicted octanol–water partition coefficient (Wildman–Crippen LogP) is 4.97. The van der Waals surface area contributed by atoms with E-state index in [0.29, 0.717) is 35.7 Å². The SMILES string of the molecule is O=C(O)CC12CC(NC(=O)c3cc(F)cc4ccn(Cc5ccc(C(F)(F)F)cc5)c34)(C1)C2. The highest BCUT2D eigenvalue weighted by Crippen LogP contribution is 2.69. The number of carbonyl (C=O) groups excluding carboxylic acids is 1. The molecule has 2 aromatic carbocycles. The van der Waals surface area contributed by atoms with Crippen LogP contribution in [0.1, 0.15) is 47.2 Å². The zero-order chi connectivity index (χ0) is 23.6. The molecule has 3 aliphatic carbocycles. The topological polar surface area (TPSA) is 71.3 Å². The molecule has 1 heterocycles. The largest absolute Gasteiger partial charge is 0.481 e. The first-order valence-corrected chi connectivity index (χ1v) is 10.5. The Morgan fingerprint density at radius 2 is 1.73 bits per heavy atom. The number of nitrogens with one attached hydrogen (secondary N) is 1. The minimum atomic E-state index is -4.42. The second kappa shape index (κ2) is 7.07. The molecule has 3 aromatic rings. The lowest BCUT2D eigenvalue weighted by Crippen LogP contribution is -2.75. The standard InChI is InChI=1S/C24H20F4N2O3/c25-17-7-15-5-6-30(10-14-1-3-16(4-2-14)24(26,27)28)20(15)18(8-17)21(33)29-23-11-22(12-23,13-23)9-19(31)32/h1-8H,9-13H2,(H,29,33)(H,31,32). The minimum Gasteiger partial charge on any atom is -0.481 e. The van der Waals surface area contributed by atoms with Crippen molar-refractivity contribution in [2.24, 2.45) is 5.41 Å². The summed E-state index contributed by atoms with van der Waals surface area (Å²) in [7, 11) is 0. The van der Waals surface area contributed by atoms with Crippen LogP contribution in [0.4, 0.5) is 17.6 Å². The Hall–Kier alpha value is -3.36. The van der Waals surface area contributed by atoms with Crippen LogP contribution in [0.2, 0.25) is 0 Å². The zero-order valence-electron chi connectivity index (χ0n) is 17.4. The van der Waals surface area contributed by atoms with E-state index < -0.39 is 35.0 Å². The Kier molecular flexibility index (Phi) is 4.60. The van der Waals surface area contributed by atoms with Crippen molar-refractivity contribution in [3.8, 4) is 0 Å². The molecule has 0 unspecified atom stereocenters. The van der Waals surface area contributed by atoms with Gasteiger partial charge in [0.25, 0.3) is 5.91 Å². The molecule has 1 aromatic heterocycles. The molecule has 0 saturated heterocycles. The number of hydrogen-bond donors (Lipinski definition) is 2. The van der Waals surface area contributed by atoms with Gasteiger partial charge in [-0.3, -0.25) is 9.59 Å². The average Bonchev–Trinajstić information content (AvgIpc) is 3.06. The maximum absolute atomic E-state index is 14.2. The molecular weight excluding hydrogens is 440 g/mol. The first kappa shape index (κ1) is 21.5. The predicted molar refractivity (Wildman–Crippen MR) is 111 cm³/mol. The van der Waals surface area contributed by atoms with E-state index in [1.165, 1.54) is 18.2 Å². The molecule has 0 aliphatic heterocycles. The Balaban J connectivity index is 1.39. The van der Waals surface area contributed by atoms with E-state index in [1.54, 1.807) is 16.8 Å². The van der Waals surface area contributed by atoms with Crippen LogP contribution in [0, 0.1) is 11.2 Å². The average molecular weight is 460 g/mol. The second-order valence-corrected chi connectivity index (χ2v) is 9.36. The molecule has 5 nitrogen and oxygen atoms in total. The normalized spacial score (nSPS) is 23.6. The number of aromatic nitrogens is 1. The van der Waals surface area contributed by atoms with Crippen LogP contribution < -0.4 is 5.32 Å². The summed E-state index contributed by atoms with van der Waals surface area (Å²) < 4.78 is 54.4. The number of amides is 1. The number of nitrogens with zero attached hydrogens (tertiary/aromatic N) is 1. The van der Waals surface area contributed by atoms with E-state index in [-0.39, 0.29) is 23.9 Å². The number of rotatable bonds is 6. The van der Waals surface area contributed by atoms with Crippen molar-refractivity contribution >= 4 is 22.8 Å². The Bertz CT molecular complexity index is 1260. The van der Waals surface area contributed by atoms with Gasteiger partial charge in [0.2, 0.25) is 0 Å². The van der Waals surface area contributed by atoms with Gasteiger partial charge < -0.3 is 15.0 Å². The summed E-state index contributed by atoms with van der Waals surface area (Å²) in [4.78, 5) is 24.1. The van der Waals surface area contributed by atoms with Gasteiger partial charge in [-0.05, 0) is 60.6 Å². The van der Waals surface area contributed by atoms with Gasteiger partial charge in [-0.1, -0.05) is 12.1 Å². The number of alkyl halides is 3. The van der Waals surface area contributed by atoms with Gasteiger partial charge in [-0.2, -0.15) is 13.2 Å². The minimum absolute atomic E-state index is 0.0742. The Morgan fingerprint density at radius 1 is 1.06 bits per heavy atom. The number of hydrogen-bond acceptors (Lipinski definition) is 2. The van der Waals surface area contributed by atoms with E-state index >= 15 is 0 Å². The summed E-state index contributed by atoms with van der Waals surface area (Å²) in [5, 5.41) is 12.5. The van der Waals surface area contributed by atoms with Gasteiger partial charge >= 0.3 is 12.1 Å². The lowest BCUT2D eigenvalue weighted by Gasteiger charge is -2.70. The summed E-state index contributed by atoms with van der Waals surface area (Å²) in [6.07, 6.45) is -0.923. The van der Waals surface area contributed by atoms with Crippen molar-refractivity contribution in [2.45, 2.75) is 43.9 Å². The number of carboxylic acids is 1. The van der Waals surface area contributed by atoms with Crippen LogP contribution >= 0.6 is 0 Å². The van der Waals surface area contributed by atoms with Crippen LogP contribution in [0.3, 0.4) is 0 Å². The Labute approximate surface area is 186 Å². The van der Waals surface area contributed by atoms with Gasteiger partial charge in [-0.15, -0.1) is 0 Å². The molecule has 2 bridgehead atoms. The number of benzene rings is 2. The zero-order valence-corrected chi connectivity index (χ0v) is 17.4. The van der Waals surface area contributed by atoms with Crippen molar-refractivity contribution in [2.75, 3.05) is 0 Å². The molecule has 3 fully saturated rings. The summed E-state index contributed by atoms with van der Waals surface area (Å²) >= 11 is 0. The lowest BCUT2D eigenvalue weighted by atomic mass is 9.38. The second-order valence-electron chi connectivity index (χ2n) is 9.36. The van der Waals surface area contributed by atoms with Gasteiger partial charge in [0.1, 0.15) is 5.82 Å². The van der Waals surface area contributed by atoms with E-state index in [2.05, 4.69) is 5.32 Å². The highest BCUT2D eigenvalue weighted by Gasteiger charge is 2.68. The van der Waals surface area contributed by atoms with Crippen molar-refractivity contribution in [3.05, 3.63) is 71.2 Å². The molecule has 6 rings (SSSR count). The molecular formula is C24H20F4N2O3. The highest BCUT2D eigenvalue weighted by atomic mass is 19.4. The van der Waals surface area contributed by atoms with Gasteiger partial charge in [0.15, 0.2) is 0 Å². The summed E-state index contributed by atoms with van der Waals surface area (Å²) in [6.45, 7) is 0.209. The fourth-order valence-electron chi connectivity index (χ4n) is 5.56. The van der Waals surface area contributed by atoms with Crippen LogP contribution in [-0.2, 0) is 17.5 Å². The molecule has 3 saturated carbocycles. The number of halogens is 4. The van der Waals surface area contributed by atoms with Crippen LogP contribution in [0.15, 0.2) is 48.7 Å². The number of fused-ring (bicyclic) bond motifs is 1. The van der Waals surface area contributed by atoms with Crippen LogP contribution in [0.5, 0.6) is 0 Å². The lowest BCUT2D eigenvalue weighted by molar-refractivity contribution is -0.172. The van der Waals surface area contributed by atoms with E-state index in [0.717, 1.165) is 18.2 Å². The molecule has 2 N–H and O–H groups in total. The summed E-state index contributed by atoms with van der Waals surface area (Å²) in [5.74, 6) is -1.88. The molecule has 0 atom stereocenters. The third-order valence-corrected chi connectivity index (χ3v) is 6.75. The first-order valence-electron chi connectivity index (χ1n) is 10.5. The number of carboxylic acid groups (broad SMARTS) is 1. The summed E-state index contributed by atoms with van der Waals surface area (Å²) in [5.41, 5.74) is -0.217. The van der Waals surface area contributed by atoms with E-state index in [1.807, 2.05) is 0 Å². The molecule has 172 valence electrons. The smallest absolute Gasteiger partial charge is 0.416 e. The van der Waals surface area contributed by atoms with Crippen molar-refractivity contribution < 1.29 is 32.3 Å². The molecule has 9 heteroatoms. The summed E-state index contributed by atoms with van der Waals surface area (Å²) in [6, 6.07) is 8.87. The van der Waals surface area contributed by atoms with Crippen molar-refractivity contribution in [3.63, 3.8) is 0 Å². The van der Waals surface area contributed by atoms with Crippen molar-refractivity contribution in [1.29, 1.82) is 0 Å². The first-order chi connectivity index (χ1) is 15.5. The van der Waals surface area contributed by atoms with Gasteiger partial charge in [0.05, 0.1) is 23.1 Å². The van der Waals surface area contributed by atoms with Crippen molar-refractivity contribution in [1.82, 2.24) is 9.88 Å². The van der Waals surface area contributed by atoms with E-state index in [9.17, 15) is 27.2 Å². The number of carbonyl (C=O) groups is 2. The third-order valence-electron chi connectivity index (χ3n) is 6.75. The third kappa shape index (κ3) is 3.75. The van der Waals surface area contributed by atoms with E-state index in [4.69, 9.17) is 5.11 Å². The quantitative estimate of drug-likeness (QED) is 0.510. The molecule has 3 aliphatic rings. The van der Waals surface area contributed by atoms with Crippen LogP contribution in [-0.4, -0.2) is 27.1 Å². The van der Waals surface area contributed by atoms with Gasteiger partial charge in [-0.25, -0.2) is 4.39 Å². The maximum Gasteiger partial charge on any atom is 0.416 e. The Morgan fingerprint density at radius 3 is 2.33 bits per heavy atom. The maximum atomic E-state index is 14.2. The molecule has 0 radical (unpaired) electrons.